The first-order valence-electron chi connectivity index (χ1n) is 8.55. The monoisotopic (exact) mass is 324 g/mol. The second-order valence-electron chi connectivity index (χ2n) is 6.00. The van der Waals surface area contributed by atoms with Crippen LogP contribution in [0.4, 0.5) is 4.39 Å². The van der Waals surface area contributed by atoms with Crippen molar-refractivity contribution in [1.82, 2.24) is 0 Å². The first-order chi connectivity index (χ1) is 9.95. The van der Waals surface area contributed by atoms with Crippen molar-refractivity contribution < 1.29 is 17.4 Å². The minimum absolute atomic E-state index is 0.252. The molecular formula is C16H33FO3S. The molecule has 0 aliphatic heterocycles. The first kappa shape index (κ1) is 20.8. The zero-order valence-electron chi connectivity index (χ0n) is 13.5. The van der Waals surface area contributed by atoms with Gasteiger partial charge in [-0.2, -0.15) is 8.42 Å². The number of halogens is 1. The van der Waals surface area contributed by atoms with E-state index in [-0.39, 0.29) is 5.75 Å². The summed E-state index contributed by atoms with van der Waals surface area (Å²) in [5, 5.41) is 0. The summed E-state index contributed by atoms with van der Waals surface area (Å²) >= 11 is 0. The van der Waals surface area contributed by atoms with E-state index < -0.39 is 16.3 Å². The number of unbranched alkanes of at least 4 members (excludes halogenated alkanes) is 9. The fourth-order valence-electron chi connectivity index (χ4n) is 2.47. The van der Waals surface area contributed by atoms with E-state index in [2.05, 4.69) is 6.92 Å². The molecule has 1 atom stereocenters. The van der Waals surface area contributed by atoms with Crippen molar-refractivity contribution in [3.63, 3.8) is 0 Å². The first-order valence-corrected chi connectivity index (χ1v) is 10.2. The van der Waals surface area contributed by atoms with E-state index in [1.54, 1.807) is 0 Å². The van der Waals surface area contributed by atoms with E-state index in [1.807, 2.05) is 0 Å². The summed E-state index contributed by atoms with van der Waals surface area (Å²) in [5.74, 6) is -0.252. The van der Waals surface area contributed by atoms with Crippen molar-refractivity contribution in [3.05, 3.63) is 0 Å². The molecule has 0 aromatic carbocycles. The predicted octanol–water partition coefficient (Wildman–Crippen LogP) is 5.30. The van der Waals surface area contributed by atoms with E-state index in [1.165, 1.54) is 44.9 Å². The molecule has 1 unspecified atom stereocenters. The van der Waals surface area contributed by atoms with Gasteiger partial charge in [0.25, 0.3) is 10.1 Å². The lowest BCUT2D eigenvalue weighted by Crippen LogP contribution is -2.05. The lowest BCUT2D eigenvalue weighted by molar-refractivity contribution is 0.281. The summed E-state index contributed by atoms with van der Waals surface area (Å²) in [6.45, 7) is 2.22. The molecule has 0 fully saturated rings. The zero-order chi connectivity index (χ0) is 16.0. The predicted molar refractivity (Wildman–Crippen MR) is 87.0 cm³/mol. The third-order valence-corrected chi connectivity index (χ3v) is 4.60. The van der Waals surface area contributed by atoms with Crippen molar-refractivity contribution in [2.75, 3.05) is 5.75 Å². The Kier molecular flexibility index (Phi) is 13.4. The van der Waals surface area contributed by atoms with E-state index >= 15 is 0 Å². The maximum atomic E-state index is 13.5. The average molecular weight is 325 g/mol. The largest absolute Gasteiger partial charge is 0.286 e. The number of hydrogen-bond donors (Lipinski definition) is 1. The maximum Gasteiger partial charge on any atom is 0.264 e. The topological polar surface area (TPSA) is 54.4 Å². The Balaban J connectivity index is 3.24. The molecule has 0 aromatic rings. The van der Waals surface area contributed by atoms with Gasteiger partial charge in [-0.3, -0.25) is 4.55 Å². The summed E-state index contributed by atoms with van der Waals surface area (Å²) < 4.78 is 43.1. The van der Waals surface area contributed by atoms with E-state index in [0.29, 0.717) is 25.7 Å². The summed E-state index contributed by atoms with van der Waals surface area (Å²) in [4.78, 5) is 0. The maximum absolute atomic E-state index is 13.5. The molecule has 0 amide bonds. The van der Waals surface area contributed by atoms with Gasteiger partial charge < -0.3 is 0 Å². The summed E-state index contributed by atoms with van der Waals surface area (Å²) in [6.07, 6.45) is 12.1. The molecule has 0 saturated carbocycles. The van der Waals surface area contributed by atoms with E-state index in [4.69, 9.17) is 4.55 Å². The average Bonchev–Trinajstić information content (AvgIpc) is 2.41. The van der Waals surface area contributed by atoms with Crippen molar-refractivity contribution in [3.8, 4) is 0 Å². The SMILES string of the molecule is CCCCCCCCCCCC(F)CCCCS(=O)(=O)O. The van der Waals surface area contributed by atoms with Gasteiger partial charge in [0.15, 0.2) is 0 Å². The Morgan fingerprint density at radius 1 is 0.810 bits per heavy atom. The van der Waals surface area contributed by atoms with Gasteiger partial charge in [0.05, 0.1) is 5.75 Å². The minimum Gasteiger partial charge on any atom is -0.286 e. The molecule has 0 saturated heterocycles. The van der Waals surface area contributed by atoms with Crippen LogP contribution in [-0.2, 0) is 10.1 Å². The van der Waals surface area contributed by atoms with Crippen LogP contribution in [0.3, 0.4) is 0 Å². The van der Waals surface area contributed by atoms with Gasteiger partial charge in [-0.05, 0) is 25.7 Å². The number of rotatable bonds is 15. The van der Waals surface area contributed by atoms with Crippen LogP contribution >= 0.6 is 0 Å². The van der Waals surface area contributed by atoms with Gasteiger partial charge in [0.1, 0.15) is 6.17 Å². The fraction of sp³-hybridized carbons (Fsp3) is 1.00. The van der Waals surface area contributed by atoms with Crippen molar-refractivity contribution in [1.29, 1.82) is 0 Å². The minimum atomic E-state index is -3.88. The molecule has 1 N–H and O–H groups in total. The molecule has 0 aliphatic rings. The van der Waals surface area contributed by atoms with Crippen LogP contribution in [0.2, 0.25) is 0 Å². The molecule has 0 radical (unpaired) electrons. The summed E-state index contributed by atoms with van der Waals surface area (Å²) in [5.41, 5.74) is 0. The van der Waals surface area contributed by atoms with E-state index in [0.717, 1.165) is 12.8 Å². The zero-order valence-corrected chi connectivity index (χ0v) is 14.3. The molecule has 0 bridgehead atoms. The Bertz CT molecular complexity index is 317. The lowest BCUT2D eigenvalue weighted by Gasteiger charge is -2.07. The molecule has 21 heavy (non-hydrogen) atoms. The van der Waals surface area contributed by atoms with Gasteiger partial charge >= 0.3 is 0 Å². The Morgan fingerprint density at radius 3 is 1.71 bits per heavy atom. The van der Waals surface area contributed by atoms with Crippen LogP contribution in [0.5, 0.6) is 0 Å². The van der Waals surface area contributed by atoms with Crippen LogP contribution in [0.15, 0.2) is 0 Å². The Morgan fingerprint density at radius 2 is 1.24 bits per heavy atom. The van der Waals surface area contributed by atoms with Crippen molar-refractivity contribution >= 4 is 10.1 Å². The highest BCUT2D eigenvalue weighted by atomic mass is 32.2. The molecule has 3 nitrogen and oxygen atoms in total. The molecule has 0 aromatic heterocycles. The van der Waals surface area contributed by atoms with Gasteiger partial charge in [-0.25, -0.2) is 4.39 Å². The smallest absolute Gasteiger partial charge is 0.264 e. The molecular weight excluding hydrogens is 291 g/mol. The molecule has 0 heterocycles. The van der Waals surface area contributed by atoms with Crippen LogP contribution in [0, 0.1) is 0 Å². The molecule has 5 heteroatoms. The van der Waals surface area contributed by atoms with Crippen LogP contribution in [0.25, 0.3) is 0 Å². The van der Waals surface area contributed by atoms with Crippen LogP contribution in [0.1, 0.15) is 90.4 Å². The van der Waals surface area contributed by atoms with E-state index in [9.17, 15) is 12.8 Å². The standard InChI is InChI=1S/C16H33FO3S/c1-2-3-4-5-6-7-8-9-10-13-16(17)14-11-12-15-21(18,19)20/h16H,2-15H2,1H3,(H,18,19,20). The second kappa shape index (κ2) is 13.5. The Labute approximate surface area is 130 Å². The molecule has 128 valence electrons. The van der Waals surface area contributed by atoms with Crippen molar-refractivity contribution in [2.45, 2.75) is 96.6 Å². The third-order valence-electron chi connectivity index (χ3n) is 3.79. The second-order valence-corrected chi connectivity index (χ2v) is 7.57. The fourth-order valence-corrected chi connectivity index (χ4v) is 3.04. The quantitative estimate of drug-likeness (QED) is 0.328. The number of alkyl halides is 1. The van der Waals surface area contributed by atoms with Gasteiger partial charge in [0.2, 0.25) is 0 Å². The van der Waals surface area contributed by atoms with Gasteiger partial charge in [-0.1, -0.05) is 64.7 Å². The summed E-state index contributed by atoms with van der Waals surface area (Å²) in [7, 11) is -3.88. The summed E-state index contributed by atoms with van der Waals surface area (Å²) in [6, 6.07) is 0. The molecule has 0 aliphatic carbocycles. The van der Waals surface area contributed by atoms with Gasteiger partial charge in [-0.15, -0.1) is 0 Å². The van der Waals surface area contributed by atoms with Crippen LogP contribution < -0.4 is 0 Å². The van der Waals surface area contributed by atoms with Crippen LogP contribution in [-0.4, -0.2) is 24.9 Å². The van der Waals surface area contributed by atoms with Crippen molar-refractivity contribution in [2.24, 2.45) is 0 Å². The van der Waals surface area contributed by atoms with Gasteiger partial charge in [0, 0.05) is 0 Å². The third kappa shape index (κ3) is 17.8. The normalized spacial score (nSPS) is 13.5. The highest BCUT2D eigenvalue weighted by Crippen LogP contribution is 2.15. The number of hydrogen-bond acceptors (Lipinski definition) is 2. The Hall–Kier alpha value is -0.160. The lowest BCUT2D eigenvalue weighted by atomic mass is 10.0. The molecule has 0 rings (SSSR count). The molecule has 0 spiro atoms. The highest BCUT2D eigenvalue weighted by Gasteiger charge is 2.08. The highest BCUT2D eigenvalue weighted by molar-refractivity contribution is 7.85.